The summed E-state index contributed by atoms with van der Waals surface area (Å²) in [5.41, 5.74) is 0.506. The number of benzene rings is 1. The number of carbonyl (C=O) groups is 2. The molecule has 1 aromatic rings. The van der Waals surface area contributed by atoms with Gasteiger partial charge in [0.05, 0.1) is 10.9 Å². The predicted octanol–water partition coefficient (Wildman–Crippen LogP) is -0.256. The zero-order chi connectivity index (χ0) is 17.7. The zero-order valence-corrected chi connectivity index (χ0v) is 14.5. The van der Waals surface area contributed by atoms with Crippen LogP contribution >= 0.6 is 0 Å². The molecule has 0 spiro atoms. The molecule has 2 amide bonds. The fraction of sp³-hybridized carbons (Fsp3) is 0.467. The van der Waals surface area contributed by atoms with Gasteiger partial charge in [0.15, 0.2) is 0 Å². The summed E-state index contributed by atoms with van der Waals surface area (Å²) in [4.78, 5) is 25.0. The molecule has 0 aromatic heterocycles. The van der Waals surface area contributed by atoms with Gasteiger partial charge in [-0.25, -0.2) is 8.42 Å². The zero-order valence-electron chi connectivity index (χ0n) is 13.7. The molecular weight excluding hydrogens is 332 g/mol. The molecule has 2 rings (SSSR count). The summed E-state index contributed by atoms with van der Waals surface area (Å²) in [7, 11) is -3.81. The van der Waals surface area contributed by atoms with Gasteiger partial charge in [0.25, 0.3) is 0 Å². The van der Waals surface area contributed by atoms with Crippen molar-refractivity contribution in [3.63, 3.8) is 0 Å². The SMILES string of the molecule is CC(=O)Nc1ccc(S(=O)(=O)NC(C)C(=O)N2CCNCC2)cc1. The first-order valence-electron chi connectivity index (χ1n) is 7.69. The second-order valence-electron chi connectivity index (χ2n) is 5.62. The van der Waals surface area contributed by atoms with Gasteiger partial charge >= 0.3 is 0 Å². The fourth-order valence-electron chi connectivity index (χ4n) is 2.43. The van der Waals surface area contributed by atoms with E-state index < -0.39 is 16.1 Å². The van der Waals surface area contributed by atoms with Gasteiger partial charge in [-0.15, -0.1) is 0 Å². The number of nitrogens with zero attached hydrogens (tertiary/aromatic N) is 1. The van der Waals surface area contributed by atoms with Crippen LogP contribution in [0, 0.1) is 0 Å². The lowest BCUT2D eigenvalue weighted by Gasteiger charge is -2.29. The number of sulfonamides is 1. The van der Waals surface area contributed by atoms with E-state index in [0.29, 0.717) is 31.9 Å². The largest absolute Gasteiger partial charge is 0.339 e. The van der Waals surface area contributed by atoms with Crippen LogP contribution in [-0.2, 0) is 19.6 Å². The van der Waals surface area contributed by atoms with Gasteiger partial charge in [0.1, 0.15) is 0 Å². The second kappa shape index (κ2) is 7.73. The standard InChI is InChI=1S/C15H22N4O4S/c1-11(15(21)19-9-7-16-8-10-19)18-24(22,23)14-5-3-13(4-6-14)17-12(2)20/h3-6,11,16,18H,7-10H2,1-2H3,(H,17,20). The molecule has 1 unspecified atom stereocenters. The lowest BCUT2D eigenvalue weighted by molar-refractivity contribution is -0.133. The number of carbonyl (C=O) groups excluding carboxylic acids is 2. The first kappa shape index (κ1) is 18.4. The van der Waals surface area contributed by atoms with Gasteiger partial charge in [-0.3, -0.25) is 9.59 Å². The van der Waals surface area contributed by atoms with Gasteiger partial charge in [0.2, 0.25) is 21.8 Å². The Bertz CT molecular complexity index is 697. The molecule has 9 heteroatoms. The van der Waals surface area contributed by atoms with Crippen LogP contribution in [0.2, 0.25) is 0 Å². The van der Waals surface area contributed by atoms with Crippen LogP contribution in [0.25, 0.3) is 0 Å². The minimum atomic E-state index is -3.81. The molecule has 132 valence electrons. The first-order valence-corrected chi connectivity index (χ1v) is 9.17. The van der Waals surface area contributed by atoms with E-state index in [2.05, 4.69) is 15.4 Å². The van der Waals surface area contributed by atoms with E-state index in [0.717, 1.165) is 0 Å². The third-order valence-electron chi connectivity index (χ3n) is 3.62. The van der Waals surface area contributed by atoms with Crippen LogP contribution in [0.3, 0.4) is 0 Å². The molecule has 1 aliphatic heterocycles. The van der Waals surface area contributed by atoms with Gasteiger partial charge in [-0.05, 0) is 31.2 Å². The average Bonchev–Trinajstić information content (AvgIpc) is 2.54. The Balaban J connectivity index is 2.04. The Kier molecular flexibility index (Phi) is 5.92. The molecule has 1 fully saturated rings. The van der Waals surface area contributed by atoms with E-state index in [9.17, 15) is 18.0 Å². The number of anilines is 1. The topological polar surface area (TPSA) is 108 Å². The van der Waals surface area contributed by atoms with Crippen LogP contribution in [0.5, 0.6) is 0 Å². The predicted molar refractivity (Wildman–Crippen MR) is 90.0 cm³/mol. The third-order valence-corrected chi connectivity index (χ3v) is 5.17. The summed E-state index contributed by atoms with van der Waals surface area (Å²) < 4.78 is 27.2. The molecule has 0 radical (unpaired) electrons. The molecule has 0 bridgehead atoms. The number of piperazine rings is 1. The van der Waals surface area contributed by atoms with Crippen LogP contribution in [0.4, 0.5) is 5.69 Å². The fourth-order valence-corrected chi connectivity index (χ4v) is 3.63. The number of hydrogen-bond donors (Lipinski definition) is 3. The minimum absolute atomic E-state index is 0.0385. The number of rotatable bonds is 5. The van der Waals surface area contributed by atoms with E-state index in [1.54, 1.807) is 4.90 Å². The molecule has 0 saturated carbocycles. The summed E-state index contributed by atoms with van der Waals surface area (Å²) in [5.74, 6) is -0.478. The van der Waals surface area contributed by atoms with Gasteiger partial charge < -0.3 is 15.5 Å². The van der Waals surface area contributed by atoms with Crippen molar-refractivity contribution in [3.05, 3.63) is 24.3 Å². The van der Waals surface area contributed by atoms with Crippen LogP contribution in [-0.4, -0.2) is 57.4 Å². The Labute approximate surface area is 141 Å². The monoisotopic (exact) mass is 354 g/mol. The summed E-state index contributed by atoms with van der Waals surface area (Å²) in [6, 6.07) is 4.92. The average molecular weight is 354 g/mol. The molecule has 1 saturated heterocycles. The van der Waals surface area contributed by atoms with Gasteiger partial charge in [0, 0.05) is 38.8 Å². The summed E-state index contributed by atoms with van der Waals surface area (Å²) in [6.07, 6.45) is 0. The van der Waals surface area contributed by atoms with Gasteiger partial charge in [-0.2, -0.15) is 4.72 Å². The summed E-state index contributed by atoms with van der Waals surface area (Å²) in [5, 5.41) is 5.70. The molecule has 8 nitrogen and oxygen atoms in total. The highest BCUT2D eigenvalue weighted by molar-refractivity contribution is 7.89. The highest BCUT2D eigenvalue weighted by Gasteiger charge is 2.26. The maximum absolute atomic E-state index is 12.4. The summed E-state index contributed by atoms with van der Waals surface area (Å²) >= 11 is 0. The molecule has 24 heavy (non-hydrogen) atoms. The van der Waals surface area contributed by atoms with Crippen molar-refractivity contribution < 1.29 is 18.0 Å². The van der Waals surface area contributed by atoms with E-state index in [1.165, 1.54) is 38.1 Å². The quantitative estimate of drug-likeness (QED) is 0.675. The third kappa shape index (κ3) is 4.76. The molecule has 1 aliphatic rings. The van der Waals surface area contributed by atoms with E-state index >= 15 is 0 Å². The minimum Gasteiger partial charge on any atom is -0.339 e. The number of nitrogens with one attached hydrogen (secondary N) is 3. The molecule has 1 aromatic carbocycles. The normalized spacial score (nSPS) is 16.5. The lowest BCUT2D eigenvalue weighted by Crippen LogP contribution is -2.53. The van der Waals surface area contributed by atoms with Crippen molar-refractivity contribution in [2.75, 3.05) is 31.5 Å². The highest BCUT2D eigenvalue weighted by Crippen LogP contribution is 2.14. The molecular formula is C15H22N4O4S. The highest BCUT2D eigenvalue weighted by atomic mass is 32.2. The molecule has 3 N–H and O–H groups in total. The molecule has 0 aliphatic carbocycles. The van der Waals surface area contributed by atoms with Gasteiger partial charge in [-0.1, -0.05) is 0 Å². The van der Waals surface area contributed by atoms with Crippen molar-refractivity contribution in [2.24, 2.45) is 0 Å². The number of amides is 2. The smallest absolute Gasteiger partial charge is 0.241 e. The lowest BCUT2D eigenvalue weighted by atomic mass is 10.2. The van der Waals surface area contributed by atoms with E-state index in [1.807, 2.05) is 0 Å². The Hall–Kier alpha value is -1.97. The van der Waals surface area contributed by atoms with E-state index in [-0.39, 0.29) is 16.7 Å². The van der Waals surface area contributed by atoms with Crippen molar-refractivity contribution in [3.8, 4) is 0 Å². The van der Waals surface area contributed by atoms with E-state index in [4.69, 9.17) is 0 Å². The maximum Gasteiger partial charge on any atom is 0.241 e. The molecule has 1 atom stereocenters. The van der Waals surface area contributed by atoms with Crippen molar-refractivity contribution >= 4 is 27.5 Å². The second-order valence-corrected chi connectivity index (χ2v) is 7.34. The van der Waals surface area contributed by atoms with Crippen LogP contribution in [0.15, 0.2) is 29.2 Å². The Morgan fingerprint density at radius 1 is 1.17 bits per heavy atom. The van der Waals surface area contributed by atoms with Crippen LogP contribution < -0.4 is 15.4 Å². The maximum atomic E-state index is 12.4. The van der Waals surface area contributed by atoms with Crippen molar-refractivity contribution in [1.82, 2.24) is 14.9 Å². The Morgan fingerprint density at radius 2 is 1.75 bits per heavy atom. The first-order chi connectivity index (χ1) is 11.3. The Morgan fingerprint density at radius 3 is 2.29 bits per heavy atom. The summed E-state index contributed by atoms with van der Waals surface area (Å²) in [6.45, 7) is 5.45. The van der Waals surface area contributed by atoms with Crippen molar-refractivity contribution in [1.29, 1.82) is 0 Å². The number of hydrogen-bond acceptors (Lipinski definition) is 5. The van der Waals surface area contributed by atoms with Crippen molar-refractivity contribution in [2.45, 2.75) is 24.8 Å². The van der Waals surface area contributed by atoms with Crippen LogP contribution in [0.1, 0.15) is 13.8 Å². The molecule has 1 heterocycles.